The monoisotopic (exact) mass is 378 g/mol. The zero-order valence-corrected chi connectivity index (χ0v) is 15.3. The maximum absolute atomic E-state index is 12.4. The molecule has 3 N–H and O–H groups in total. The number of hydrogen-bond donors (Lipinski definition) is 2. The van der Waals surface area contributed by atoms with Crippen LogP contribution in [-0.2, 0) is 4.79 Å². The highest BCUT2D eigenvalue weighted by Gasteiger charge is 2.19. The van der Waals surface area contributed by atoms with Crippen molar-refractivity contribution in [2.75, 3.05) is 19.5 Å². The summed E-state index contributed by atoms with van der Waals surface area (Å²) in [7, 11) is 2.98. The zero-order chi connectivity index (χ0) is 19.3. The Balaban J connectivity index is 2.14. The first-order valence-electron chi connectivity index (χ1n) is 7.64. The lowest BCUT2D eigenvalue weighted by Gasteiger charge is -2.17. The van der Waals surface area contributed by atoms with Crippen molar-refractivity contribution in [3.63, 3.8) is 0 Å². The van der Waals surface area contributed by atoms with Crippen LogP contribution in [0.25, 0.3) is 0 Å². The van der Waals surface area contributed by atoms with E-state index in [2.05, 4.69) is 5.32 Å². The molecule has 0 aliphatic carbocycles. The molecule has 2 rings (SSSR count). The van der Waals surface area contributed by atoms with Crippen LogP contribution in [0.4, 0.5) is 5.69 Å². The van der Waals surface area contributed by atoms with Crippen molar-refractivity contribution in [1.82, 2.24) is 0 Å². The number of primary amides is 1. The van der Waals surface area contributed by atoms with Crippen LogP contribution in [0.3, 0.4) is 0 Å². The third-order valence-electron chi connectivity index (χ3n) is 3.55. The van der Waals surface area contributed by atoms with Gasteiger partial charge in [0.2, 0.25) is 0 Å². The van der Waals surface area contributed by atoms with E-state index in [1.165, 1.54) is 26.4 Å². The number of halogens is 1. The fraction of sp³-hybridized carbons (Fsp3) is 0.222. The summed E-state index contributed by atoms with van der Waals surface area (Å²) in [6, 6.07) is 9.40. The second-order valence-electron chi connectivity index (χ2n) is 5.32. The van der Waals surface area contributed by atoms with Crippen LogP contribution in [0.5, 0.6) is 17.2 Å². The predicted octanol–water partition coefficient (Wildman–Crippen LogP) is 2.86. The van der Waals surface area contributed by atoms with E-state index in [1.807, 2.05) is 0 Å². The van der Waals surface area contributed by atoms with Crippen LogP contribution in [0.1, 0.15) is 17.3 Å². The average Bonchev–Trinajstić information content (AvgIpc) is 2.61. The lowest BCUT2D eigenvalue weighted by Crippen LogP contribution is -2.31. The number of carbonyl (C=O) groups is 2. The summed E-state index contributed by atoms with van der Waals surface area (Å²) in [4.78, 5) is 23.9. The first-order valence-corrected chi connectivity index (χ1v) is 8.02. The molecule has 7 nitrogen and oxygen atoms in total. The van der Waals surface area contributed by atoms with Crippen molar-refractivity contribution < 1.29 is 23.8 Å². The molecule has 2 amide bonds. The molecule has 1 atom stereocenters. The van der Waals surface area contributed by atoms with E-state index in [0.29, 0.717) is 22.2 Å². The number of hydrogen-bond acceptors (Lipinski definition) is 5. The second-order valence-corrected chi connectivity index (χ2v) is 5.73. The Labute approximate surface area is 156 Å². The van der Waals surface area contributed by atoms with Crippen molar-refractivity contribution in [2.45, 2.75) is 13.0 Å². The van der Waals surface area contributed by atoms with Gasteiger partial charge in [-0.25, -0.2) is 0 Å². The Morgan fingerprint density at radius 3 is 2.38 bits per heavy atom. The third kappa shape index (κ3) is 4.58. The molecule has 0 bridgehead atoms. The van der Waals surface area contributed by atoms with Crippen molar-refractivity contribution in [3.8, 4) is 17.2 Å². The summed E-state index contributed by atoms with van der Waals surface area (Å²) in [5.41, 5.74) is 5.97. The van der Waals surface area contributed by atoms with Crippen LogP contribution in [-0.4, -0.2) is 32.1 Å². The average molecular weight is 379 g/mol. The number of benzene rings is 2. The van der Waals surface area contributed by atoms with E-state index in [-0.39, 0.29) is 11.3 Å². The van der Waals surface area contributed by atoms with Gasteiger partial charge >= 0.3 is 0 Å². The summed E-state index contributed by atoms with van der Waals surface area (Å²) in [6.45, 7) is 1.55. The number of ether oxygens (including phenoxy) is 3. The number of methoxy groups -OCH3 is 2. The van der Waals surface area contributed by atoms with E-state index in [9.17, 15) is 9.59 Å². The number of rotatable bonds is 7. The fourth-order valence-electron chi connectivity index (χ4n) is 2.16. The summed E-state index contributed by atoms with van der Waals surface area (Å²) in [6.07, 6.45) is -0.902. The molecule has 0 heterocycles. The van der Waals surface area contributed by atoms with E-state index in [1.54, 1.807) is 31.2 Å². The fourth-order valence-corrected chi connectivity index (χ4v) is 2.42. The number of amides is 2. The summed E-state index contributed by atoms with van der Waals surface area (Å²) < 4.78 is 15.8. The van der Waals surface area contributed by atoms with Crippen LogP contribution in [0.2, 0.25) is 5.02 Å². The maximum atomic E-state index is 12.4. The van der Waals surface area contributed by atoms with Gasteiger partial charge in [-0.2, -0.15) is 0 Å². The molecule has 0 fully saturated rings. The standard InChI is InChI=1S/C18H19ClN2O5/c1-10(18(23)21-11-4-7-15(25-3)14(19)8-11)26-16-9-12(24-2)5-6-13(16)17(20)22/h4-10H,1-3H3,(H2,20,22)(H,21,23). The van der Waals surface area contributed by atoms with E-state index in [0.717, 1.165) is 0 Å². The van der Waals surface area contributed by atoms with Crippen LogP contribution >= 0.6 is 11.6 Å². The molecular weight excluding hydrogens is 360 g/mol. The van der Waals surface area contributed by atoms with Gasteiger partial charge in [0.15, 0.2) is 6.10 Å². The van der Waals surface area contributed by atoms with E-state index >= 15 is 0 Å². The summed E-state index contributed by atoms with van der Waals surface area (Å²) in [5.74, 6) is 0.0323. The molecule has 0 saturated carbocycles. The van der Waals surface area contributed by atoms with Crippen molar-refractivity contribution in [3.05, 3.63) is 47.0 Å². The predicted molar refractivity (Wildman–Crippen MR) is 98.2 cm³/mol. The normalized spacial score (nSPS) is 11.4. The largest absolute Gasteiger partial charge is 0.497 e. The number of nitrogens with one attached hydrogen (secondary N) is 1. The SMILES string of the molecule is COc1ccc(C(N)=O)c(OC(C)C(=O)Nc2ccc(OC)c(Cl)c2)c1. The van der Waals surface area contributed by atoms with Crippen molar-refractivity contribution in [1.29, 1.82) is 0 Å². The number of nitrogens with two attached hydrogens (primary N) is 1. The molecule has 8 heteroatoms. The molecule has 0 aromatic heterocycles. The Hall–Kier alpha value is -2.93. The highest BCUT2D eigenvalue weighted by Crippen LogP contribution is 2.28. The quantitative estimate of drug-likeness (QED) is 0.771. The van der Waals surface area contributed by atoms with Gasteiger partial charge in [0, 0.05) is 11.8 Å². The Morgan fingerprint density at radius 1 is 1.08 bits per heavy atom. The number of carbonyl (C=O) groups excluding carboxylic acids is 2. The molecule has 0 saturated heterocycles. The van der Waals surface area contributed by atoms with Crippen LogP contribution < -0.4 is 25.3 Å². The Morgan fingerprint density at radius 2 is 1.81 bits per heavy atom. The lowest BCUT2D eigenvalue weighted by atomic mass is 10.1. The minimum Gasteiger partial charge on any atom is -0.497 e. The van der Waals surface area contributed by atoms with Gasteiger partial charge < -0.3 is 25.3 Å². The minimum absolute atomic E-state index is 0.151. The van der Waals surface area contributed by atoms with E-state index < -0.39 is 17.9 Å². The molecule has 0 aliphatic heterocycles. The van der Waals surface area contributed by atoms with Gasteiger partial charge in [0.25, 0.3) is 11.8 Å². The molecular formula is C18H19ClN2O5. The summed E-state index contributed by atoms with van der Waals surface area (Å²) >= 11 is 6.04. The number of anilines is 1. The van der Waals surface area contributed by atoms with Gasteiger partial charge in [0.05, 0.1) is 24.8 Å². The van der Waals surface area contributed by atoms with Crippen molar-refractivity contribution in [2.24, 2.45) is 5.73 Å². The van der Waals surface area contributed by atoms with Crippen LogP contribution in [0.15, 0.2) is 36.4 Å². The maximum Gasteiger partial charge on any atom is 0.265 e. The van der Waals surface area contributed by atoms with Crippen molar-refractivity contribution >= 4 is 29.1 Å². The Bertz CT molecular complexity index is 825. The molecule has 26 heavy (non-hydrogen) atoms. The minimum atomic E-state index is -0.902. The third-order valence-corrected chi connectivity index (χ3v) is 3.84. The zero-order valence-electron chi connectivity index (χ0n) is 14.5. The molecule has 0 aliphatic rings. The topological polar surface area (TPSA) is 99.9 Å². The molecule has 2 aromatic rings. The first-order chi connectivity index (χ1) is 12.3. The lowest BCUT2D eigenvalue weighted by molar-refractivity contribution is -0.122. The summed E-state index contributed by atoms with van der Waals surface area (Å²) in [5, 5.41) is 3.04. The highest BCUT2D eigenvalue weighted by atomic mass is 35.5. The first kappa shape index (κ1) is 19.4. The smallest absolute Gasteiger partial charge is 0.265 e. The van der Waals surface area contributed by atoms with Gasteiger partial charge in [-0.3, -0.25) is 9.59 Å². The van der Waals surface area contributed by atoms with Crippen LogP contribution in [0, 0.1) is 0 Å². The highest BCUT2D eigenvalue weighted by molar-refractivity contribution is 6.32. The molecule has 0 spiro atoms. The molecule has 2 aromatic carbocycles. The van der Waals surface area contributed by atoms with Gasteiger partial charge in [-0.1, -0.05) is 11.6 Å². The molecule has 1 unspecified atom stereocenters. The van der Waals surface area contributed by atoms with Gasteiger partial charge in [-0.05, 0) is 37.3 Å². The second kappa shape index (κ2) is 8.44. The van der Waals surface area contributed by atoms with Gasteiger partial charge in [0.1, 0.15) is 17.2 Å². The molecule has 138 valence electrons. The molecule has 0 radical (unpaired) electrons. The van der Waals surface area contributed by atoms with E-state index in [4.69, 9.17) is 31.5 Å². The van der Waals surface area contributed by atoms with Gasteiger partial charge in [-0.15, -0.1) is 0 Å². The Kier molecular flexibility index (Phi) is 6.30.